The van der Waals surface area contributed by atoms with Gasteiger partial charge in [0, 0.05) is 30.4 Å². The Balaban J connectivity index is 1.93. The van der Waals surface area contributed by atoms with Gasteiger partial charge in [-0.2, -0.15) is 0 Å². The van der Waals surface area contributed by atoms with Crippen LogP contribution in [0.2, 0.25) is 0 Å². The highest BCUT2D eigenvalue weighted by Gasteiger charge is 2.31. The van der Waals surface area contributed by atoms with E-state index in [9.17, 15) is 24.3 Å². The van der Waals surface area contributed by atoms with Crippen LogP contribution in [0.5, 0.6) is 5.75 Å². The third-order valence-electron chi connectivity index (χ3n) is 6.09. The summed E-state index contributed by atoms with van der Waals surface area (Å²) in [5, 5.41) is 27.2. The number of rotatable bonds is 11. The van der Waals surface area contributed by atoms with Crippen LogP contribution >= 0.6 is 0 Å². The van der Waals surface area contributed by atoms with Crippen molar-refractivity contribution in [1.29, 1.82) is 0 Å². The molecule has 0 heterocycles. The van der Waals surface area contributed by atoms with Crippen LogP contribution in [0, 0.1) is 0 Å². The number of aromatic hydroxyl groups is 1. The summed E-state index contributed by atoms with van der Waals surface area (Å²) >= 11 is 0. The molecule has 0 radical (unpaired) electrons. The SMILES string of the molecule is CC(c1ccc(O)cc1)(c1ccc(CC(=O)/C=C/C(=O)O)cc1)c1ccc(CC(=O)/C=C/C(=O)O)cc1. The Morgan fingerprint density at radius 1 is 0.595 bits per heavy atom. The second kappa shape index (κ2) is 11.8. The molecule has 7 nitrogen and oxygen atoms in total. The van der Waals surface area contributed by atoms with E-state index in [1.165, 1.54) is 0 Å². The number of aliphatic carboxylic acids is 2. The van der Waals surface area contributed by atoms with Gasteiger partial charge in [0.25, 0.3) is 0 Å². The molecule has 0 atom stereocenters. The zero-order valence-electron chi connectivity index (χ0n) is 20.1. The van der Waals surface area contributed by atoms with E-state index in [0.717, 1.165) is 52.1 Å². The number of hydrogen-bond donors (Lipinski definition) is 3. The Bertz CT molecular complexity index is 1270. The Kier molecular flexibility index (Phi) is 8.53. The molecule has 0 aromatic heterocycles. The first-order valence-corrected chi connectivity index (χ1v) is 11.4. The molecule has 7 heteroatoms. The largest absolute Gasteiger partial charge is 0.508 e. The summed E-state index contributed by atoms with van der Waals surface area (Å²) in [5.74, 6) is -2.86. The molecule has 3 aromatic rings. The zero-order chi connectivity index (χ0) is 27.0. The van der Waals surface area contributed by atoms with Crippen LogP contribution in [0.25, 0.3) is 0 Å². The number of carbonyl (C=O) groups is 4. The number of ketones is 2. The van der Waals surface area contributed by atoms with E-state index >= 15 is 0 Å². The van der Waals surface area contributed by atoms with Crippen molar-refractivity contribution in [2.45, 2.75) is 25.2 Å². The first kappa shape index (κ1) is 26.8. The highest BCUT2D eigenvalue weighted by Crippen LogP contribution is 2.39. The van der Waals surface area contributed by atoms with Crippen LogP contribution in [0.1, 0.15) is 34.7 Å². The van der Waals surface area contributed by atoms with Crippen molar-refractivity contribution in [3.8, 4) is 5.75 Å². The molecule has 0 aliphatic carbocycles. The Morgan fingerprint density at radius 2 is 0.919 bits per heavy atom. The van der Waals surface area contributed by atoms with Gasteiger partial charge in [-0.15, -0.1) is 0 Å². The summed E-state index contributed by atoms with van der Waals surface area (Å²) in [4.78, 5) is 45.3. The van der Waals surface area contributed by atoms with Gasteiger partial charge in [-0.25, -0.2) is 9.59 Å². The number of carboxylic acid groups (broad SMARTS) is 2. The first-order chi connectivity index (χ1) is 17.6. The third kappa shape index (κ3) is 7.11. The summed E-state index contributed by atoms with van der Waals surface area (Å²) in [5.41, 5.74) is 3.57. The molecule has 37 heavy (non-hydrogen) atoms. The van der Waals surface area contributed by atoms with Crippen LogP contribution in [0.4, 0.5) is 0 Å². The molecule has 3 N–H and O–H groups in total. The normalized spacial score (nSPS) is 11.6. The second-order valence-electron chi connectivity index (χ2n) is 8.70. The van der Waals surface area contributed by atoms with Crippen molar-refractivity contribution in [2.75, 3.05) is 0 Å². The predicted molar refractivity (Wildman–Crippen MR) is 138 cm³/mol. The summed E-state index contributed by atoms with van der Waals surface area (Å²) in [6, 6.07) is 21.8. The van der Waals surface area contributed by atoms with Gasteiger partial charge in [0.1, 0.15) is 5.75 Å². The maximum atomic E-state index is 12.0. The van der Waals surface area contributed by atoms with E-state index in [2.05, 4.69) is 0 Å². The van der Waals surface area contributed by atoms with Crippen molar-refractivity contribution >= 4 is 23.5 Å². The van der Waals surface area contributed by atoms with Gasteiger partial charge in [0.05, 0.1) is 0 Å². The van der Waals surface area contributed by atoms with Crippen molar-refractivity contribution in [1.82, 2.24) is 0 Å². The minimum absolute atomic E-state index is 0.0685. The molecule has 0 unspecified atom stereocenters. The lowest BCUT2D eigenvalue weighted by molar-refractivity contribution is -0.132. The number of phenolic OH excluding ortho intramolecular Hbond substituents is 1. The van der Waals surface area contributed by atoms with E-state index in [1.54, 1.807) is 12.1 Å². The molecule has 0 spiro atoms. The van der Waals surface area contributed by atoms with Crippen LogP contribution in [-0.4, -0.2) is 38.8 Å². The fraction of sp³-hybridized carbons (Fsp3) is 0.133. The van der Waals surface area contributed by atoms with Gasteiger partial charge in [0.15, 0.2) is 11.6 Å². The molecule has 0 bridgehead atoms. The van der Waals surface area contributed by atoms with E-state index in [0.29, 0.717) is 0 Å². The standard InChI is InChI=1S/C30H26O7/c1-30(24-10-12-25(31)13-11-24,22-6-2-20(3-7-22)18-26(32)14-16-28(34)35)23-8-4-21(5-9-23)19-27(33)15-17-29(36)37/h2-17,31H,18-19H2,1H3,(H,34,35)(H,36,37)/b16-14+,17-15+. The maximum Gasteiger partial charge on any atom is 0.328 e. The molecule has 3 aromatic carbocycles. The third-order valence-corrected chi connectivity index (χ3v) is 6.09. The molecular formula is C30H26O7. The number of carboxylic acids is 2. The zero-order valence-corrected chi connectivity index (χ0v) is 20.1. The van der Waals surface area contributed by atoms with Crippen molar-refractivity contribution in [3.05, 3.63) is 125 Å². The first-order valence-electron chi connectivity index (χ1n) is 11.4. The van der Waals surface area contributed by atoms with Crippen LogP contribution in [0.15, 0.2) is 97.1 Å². The van der Waals surface area contributed by atoms with Crippen LogP contribution < -0.4 is 0 Å². The fourth-order valence-electron chi connectivity index (χ4n) is 4.06. The molecular weight excluding hydrogens is 472 g/mol. The minimum atomic E-state index is -1.18. The number of allylic oxidation sites excluding steroid dienone is 2. The lowest BCUT2D eigenvalue weighted by Crippen LogP contribution is -2.25. The van der Waals surface area contributed by atoms with Crippen LogP contribution in [0.3, 0.4) is 0 Å². The second-order valence-corrected chi connectivity index (χ2v) is 8.70. The van der Waals surface area contributed by atoms with Crippen molar-refractivity contribution in [3.63, 3.8) is 0 Å². The maximum absolute atomic E-state index is 12.0. The van der Waals surface area contributed by atoms with Crippen molar-refractivity contribution in [2.24, 2.45) is 0 Å². The quantitative estimate of drug-likeness (QED) is 0.266. The monoisotopic (exact) mass is 498 g/mol. The van der Waals surface area contributed by atoms with Gasteiger partial charge in [0.2, 0.25) is 0 Å². The van der Waals surface area contributed by atoms with Crippen LogP contribution in [-0.2, 0) is 37.4 Å². The number of benzene rings is 3. The fourth-order valence-corrected chi connectivity index (χ4v) is 4.06. The van der Waals surface area contributed by atoms with E-state index in [4.69, 9.17) is 10.2 Å². The number of carbonyl (C=O) groups excluding carboxylic acids is 2. The highest BCUT2D eigenvalue weighted by atomic mass is 16.4. The Morgan fingerprint density at radius 3 is 1.24 bits per heavy atom. The summed E-state index contributed by atoms with van der Waals surface area (Å²) in [6.07, 6.45) is 3.86. The molecule has 0 aliphatic rings. The average molecular weight is 499 g/mol. The Labute approximate surface area is 214 Å². The molecule has 3 rings (SSSR count). The lowest BCUT2D eigenvalue weighted by atomic mass is 9.70. The molecule has 188 valence electrons. The van der Waals surface area contributed by atoms with E-state index < -0.39 is 17.4 Å². The van der Waals surface area contributed by atoms with E-state index in [1.807, 2.05) is 67.6 Å². The van der Waals surface area contributed by atoms with Gasteiger partial charge in [-0.05, 0) is 59.0 Å². The molecule has 0 saturated heterocycles. The van der Waals surface area contributed by atoms with Gasteiger partial charge >= 0.3 is 11.9 Å². The summed E-state index contributed by atoms with van der Waals surface area (Å²) in [6.45, 7) is 2.03. The lowest BCUT2D eigenvalue weighted by Gasteiger charge is -2.32. The van der Waals surface area contributed by atoms with Crippen molar-refractivity contribution < 1.29 is 34.5 Å². The number of hydrogen-bond acceptors (Lipinski definition) is 5. The number of phenols is 1. The van der Waals surface area contributed by atoms with Gasteiger partial charge < -0.3 is 15.3 Å². The van der Waals surface area contributed by atoms with Gasteiger partial charge in [-0.1, -0.05) is 60.7 Å². The smallest absolute Gasteiger partial charge is 0.328 e. The molecule has 0 fully saturated rings. The summed E-state index contributed by atoms with van der Waals surface area (Å²) < 4.78 is 0. The average Bonchev–Trinajstić information content (AvgIpc) is 2.87. The molecule has 0 amide bonds. The minimum Gasteiger partial charge on any atom is -0.508 e. The molecule has 0 aliphatic heterocycles. The van der Waals surface area contributed by atoms with E-state index in [-0.39, 0.29) is 30.2 Å². The summed E-state index contributed by atoms with van der Waals surface area (Å²) in [7, 11) is 0. The highest BCUT2D eigenvalue weighted by molar-refractivity contribution is 5.97. The van der Waals surface area contributed by atoms with Gasteiger partial charge in [-0.3, -0.25) is 9.59 Å². The topological polar surface area (TPSA) is 129 Å². The predicted octanol–water partition coefficient (Wildman–Crippen LogP) is 4.25. The molecule has 0 saturated carbocycles. The Hall–Kier alpha value is -4.78.